The normalized spacial score (nSPS) is 28.4. The van der Waals surface area contributed by atoms with Gasteiger partial charge in [-0.25, -0.2) is 5.06 Å². The van der Waals surface area contributed by atoms with Gasteiger partial charge in [0, 0.05) is 13.0 Å². The molecule has 146 valence electrons. The van der Waals surface area contributed by atoms with Crippen molar-refractivity contribution in [2.24, 2.45) is 17.8 Å². The molecule has 0 radical (unpaired) electrons. The van der Waals surface area contributed by atoms with E-state index in [-0.39, 0.29) is 11.8 Å². The van der Waals surface area contributed by atoms with E-state index < -0.39 is 0 Å². The van der Waals surface area contributed by atoms with Crippen molar-refractivity contribution in [2.75, 3.05) is 14.2 Å². The lowest BCUT2D eigenvalue weighted by Gasteiger charge is -2.28. The minimum absolute atomic E-state index is 0.174. The van der Waals surface area contributed by atoms with Crippen molar-refractivity contribution in [1.82, 2.24) is 5.06 Å². The van der Waals surface area contributed by atoms with Crippen LogP contribution < -0.4 is 0 Å². The molecule has 25 heavy (non-hydrogen) atoms. The van der Waals surface area contributed by atoms with E-state index in [1.807, 2.05) is 0 Å². The van der Waals surface area contributed by atoms with Crippen molar-refractivity contribution < 1.29 is 9.63 Å². The Hall–Kier alpha value is -0.570. The summed E-state index contributed by atoms with van der Waals surface area (Å²) >= 11 is 0. The van der Waals surface area contributed by atoms with Crippen molar-refractivity contribution in [2.45, 2.75) is 103 Å². The Bertz CT molecular complexity index is 361. The Labute approximate surface area is 155 Å². The van der Waals surface area contributed by atoms with Crippen LogP contribution in [-0.2, 0) is 9.63 Å². The van der Waals surface area contributed by atoms with E-state index in [1.54, 1.807) is 14.2 Å². The molecule has 1 amide bonds. The maximum atomic E-state index is 12.4. The molecule has 0 heterocycles. The Morgan fingerprint density at radius 2 is 1.08 bits per heavy atom. The van der Waals surface area contributed by atoms with Crippen LogP contribution >= 0.6 is 0 Å². The van der Waals surface area contributed by atoms with E-state index in [1.165, 1.54) is 95.0 Å². The second kappa shape index (κ2) is 11.9. The molecule has 3 nitrogen and oxygen atoms in total. The predicted octanol–water partition coefficient (Wildman–Crippen LogP) is 6.12. The van der Waals surface area contributed by atoms with Crippen LogP contribution in [0.15, 0.2) is 0 Å². The van der Waals surface area contributed by atoms with Crippen LogP contribution in [0.3, 0.4) is 0 Å². The summed E-state index contributed by atoms with van der Waals surface area (Å²) in [4.78, 5) is 17.6. The molecule has 2 atom stereocenters. The highest BCUT2D eigenvalue weighted by molar-refractivity contribution is 5.77. The molecular weight excluding hydrogens is 310 g/mol. The third-order valence-electron chi connectivity index (χ3n) is 6.75. The van der Waals surface area contributed by atoms with Gasteiger partial charge in [-0.2, -0.15) is 0 Å². The van der Waals surface area contributed by atoms with E-state index in [9.17, 15) is 4.79 Å². The number of hydroxylamine groups is 2. The third kappa shape index (κ3) is 7.29. The summed E-state index contributed by atoms with van der Waals surface area (Å²) in [6, 6.07) is 0. The van der Waals surface area contributed by atoms with Crippen LogP contribution in [0, 0.1) is 17.8 Å². The lowest BCUT2D eigenvalue weighted by atomic mass is 9.78. The first kappa shape index (κ1) is 20.7. The summed E-state index contributed by atoms with van der Waals surface area (Å²) in [5.74, 6) is 2.22. The van der Waals surface area contributed by atoms with E-state index in [0.29, 0.717) is 0 Å². The minimum atomic E-state index is 0.174. The van der Waals surface area contributed by atoms with Gasteiger partial charge in [0.1, 0.15) is 0 Å². The Kier molecular flexibility index (Phi) is 9.90. The molecule has 3 heteroatoms. The zero-order valence-electron chi connectivity index (χ0n) is 16.8. The number of rotatable bonds is 3. The first-order valence-corrected chi connectivity index (χ1v) is 11.0. The summed E-state index contributed by atoms with van der Waals surface area (Å²) in [5, 5.41) is 1.43. The predicted molar refractivity (Wildman–Crippen MR) is 104 cm³/mol. The molecule has 0 aromatic carbocycles. The van der Waals surface area contributed by atoms with Crippen molar-refractivity contribution in [1.29, 1.82) is 0 Å². The lowest BCUT2D eigenvalue weighted by molar-refractivity contribution is -0.174. The van der Waals surface area contributed by atoms with Gasteiger partial charge in [-0.1, -0.05) is 89.9 Å². The molecule has 2 fully saturated rings. The van der Waals surface area contributed by atoms with Gasteiger partial charge in [0.05, 0.1) is 7.11 Å². The first-order valence-electron chi connectivity index (χ1n) is 11.0. The maximum absolute atomic E-state index is 12.4. The number of nitrogens with zero attached hydrogens (tertiary/aromatic N) is 1. The molecular formula is C22H41NO2. The zero-order chi connectivity index (χ0) is 17.9. The molecule has 0 bridgehead atoms. The van der Waals surface area contributed by atoms with E-state index in [2.05, 4.69) is 0 Å². The van der Waals surface area contributed by atoms with E-state index in [0.717, 1.165) is 24.7 Å². The average molecular weight is 352 g/mol. The van der Waals surface area contributed by atoms with Gasteiger partial charge in [0.25, 0.3) is 0 Å². The second-order valence-corrected chi connectivity index (χ2v) is 8.50. The molecule has 2 aliphatic carbocycles. The molecule has 0 aromatic heterocycles. The smallest absolute Gasteiger partial charge is 0.248 e. The summed E-state index contributed by atoms with van der Waals surface area (Å²) in [6.45, 7) is 0. The van der Waals surface area contributed by atoms with Gasteiger partial charge >= 0.3 is 0 Å². The highest BCUT2D eigenvalue weighted by atomic mass is 16.7. The molecule has 2 unspecified atom stereocenters. The first-order chi connectivity index (χ1) is 12.2. The van der Waals surface area contributed by atoms with Gasteiger partial charge in [0.15, 0.2) is 0 Å². The fourth-order valence-electron chi connectivity index (χ4n) is 5.09. The summed E-state index contributed by atoms with van der Waals surface area (Å²) in [6.07, 6.45) is 21.6. The topological polar surface area (TPSA) is 29.5 Å². The number of amides is 1. The van der Waals surface area contributed by atoms with Gasteiger partial charge < -0.3 is 0 Å². The summed E-state index contributed by atoms with van der Waals surface area (Å²) in [7, 11) is 3.33. The molecule has 2 saturated carbocycles. The SMILES string of the molecule is CON(C)C(=O)C1CCCCC(C2CCCCCCCCC2)CCC1. The largest absolute Gasteiger partial charge is 0.275 e. The van der Waals surface area contributed by atoms with Crippen LogP contribution in [-0.4, -0.2) is 25.1 Å². The molecule has 0 N–H and O–H groups in total. The highest BCUT2D eigenvalue weighted by Crippen LogP contribution is 2.36. The standard InChI is InChI=1S/C22H41NO2/c1-23(25-2)22(24)21-16-11-10-15-20(17-12-18-21)19-13-8-6-4-3-5-7-9-14-19/h19-21H,3-18H2,1-2H3. The van der Waals surface area contributed by atoms with Crippen LogP contribution in [0.4, 0.5) is 0 Å². The monoisotopic (exact) mass is 351 g/mol. The molecule has 0 saturated heterocycles. The Balaban J connectivity index is 1.86. The Morgan fingerprint density at radius 3 is 1.64 bits per heavy atom. The van der Waals surface area contributed by atoms with Gasteiger partial charge in [-0.3, -0.25) is 9.63 Å². The van der Waals surface area contributed by atoms with Crippen molar-refractivity contribution in [3.8, 4) is 0 Å². The van der Waals surface area contributed by atoms with Crippen LogP contribution in [0.25, 0.3) is 0 Å². The zero-order valence-corrected chi connectivity index (χ0v) is 16.8. The fraction of sp³-hybridized carbons (Fsp3) is 0.955. The molecule has 0 aliphatic heterocycles. The fourth-order valence-corrected chi connectivity index (χ4v) is 5.09. The number of hydrogen-bond acceptors (Lipinski definition) is 2. The van der Waals surface area contributed by atoms with Crippen LogP contribution in [0.1, 0.15) is 103 Å². The molecule has 0 spiro atoms. The quantitative estimate of drug-likeness (QED) is 0.573. The number of carbonyl (C=O) groups is 1. The van der Waals surface area contributed by atoms with Crippen LogP contribution in [0.2, 0.25) is 0 Å². The van der Waals surface area contributed by atoms with Gasteiger partial charge in [0.2, 0.25) is 5.91 Å². The Morgan fingerprint density at radius 1 is 0.680 bits per heavy atom. The summed E-state index contributed by atoms with van der Waals surface area (Å²) < 4.78 is 0. The molecule has 2 aliphatic rings. The van der Waals surface area contributed by atoms with Crippen molar-refractivity contribution >= 4 is 5.91 Å². The molecule has 2 rings (SSSR count). The van der Waals surface area contributed by atoms with E-state index >= 15 is 0 Å². The summed E-state index contributed by atoms with van der Waals surface area (Å²) in [5.41, 5.74) is 0. The number of hydrogen-bond donors (Lipinski definition) is 0. The maximum Gasteiger partial charge on any atom is 0.248 e. The minimum Gasteiger partial charge on any atom is -0.275 e. The van der Waals surface area contributed by atoms with Crippen LogP contribution in [0.5, 0.6) is 0 Å². The average Bonchev–Trinajstić information content (AvgIpc) is 2.76. The highest BCUT2D eigenvalue weighted by Gasteiger charge is 2.26. The third-order valence-corrected chi connectivity index (χ3v) is 6.75. The molecule has 0 aromatic rings. The number of carbonyl (C=O) groups excluding carboxylic acids is 1. The lowest BCUT2D eigenvalue weighted by Crippen LogP contribution is -2.32. The van der Waals surface area contributed by atoms with E-state index in [4.69, 9.17) is 4.84 Å². The van der Waals surface area contributed by atoms with Gasteiger partial charge in [-0.05, 0) is 24.7 Å². The van der Waals surface area contributed by atoms with Crippen molar-refractivity contribution in [3.63, 3.8) is 0 Å². The van der Waals surface area contributed by atoms with Crippen molar-refractivity contribution in [3.05, 3.63) is 0 Å². The van der Waals surface area contributed by atoms with Gasteiger partial charge in [-0.15, -0.1) is 0 Å². The second-order valence-electron chi connectivity index (χ2n) is 8.50.